The van der Waals surface area contributed by atoms with Gasteiger partial charge in [-0.2, -0.15) is 0 Å². The van der Waals surface area contributed by atoms with Crippen molar-refractivity contribution in [3.63, 3.8) is 0 Å². The average Bonchev–Trinajstić information content (AvgIpc) is 3.34. The van der Waals surface area contributed by atoms with Crippen LogP contribution in [0, 0.1) is 0 Å². The highest BCUT2D eigenvalue weighted by atomic mass is 32.1. The van der Waals surface area contributed by atoms with Crippen LogP contribution >= 0.6 is 11.3 Å². The Balaban J connectivity index is 1.66. The summed E-state index contributed by atoms with van der Waals surface area (Å²) in [5.74, 6) is 0.455. The molecule has 4 rings (SSSR count). The standard InChI is InChI=1S/C19H20N2OS/c1-2-5-15(6-3-1)18-19(16-9-11-22-13-16)21(14-20-18)10-8-17-7-4-12-23-17/h1-7,12,14,16H,8-11,13H2. The van der Waals surface area contributed by atoms with E-state index in [2.05, 4.69) is 52.4 Å². The summed E-state index contributed by atoms with van der Waals surface area (Å²) in [4.78, 5) is 6.17. The molecule has 0 saturated carbocycles. The van der Waals surface area contributed by atoms with E-state index in [9.17, 15) is 0 Å². The lowest BCUT2D eigenvalue weighted by molar-refractivity contribution is 0.193. The van der Waals surface area contributed by atoms with E-state index in [0.717, 1.165) is 38.3 Å². The van der Waals surface area contributed by atoms with E-state index in [-0.39, 0.29) is 0 Å². The third-order valence-corrected chi connectivity index (χ3v) is 5.36. The van der Waals surface area contributed by atoms with Crippen LogP contribution in [0.4, 0.5) is 0 Å². The van der Waals surface area contributed by atoms with Crippen molar-refractivity contribution < 1.29 is 4.74 Å². The van der Waals surface area contributed by atoms with Crippen LogP contribution in [0.5, 0.6) is 0 Å². The van der Waals surface area contributed by atoms with Crippen molar-refractivity contribution in [1.82, 2.24) is 9.55 Å². The Kier molecular flexibility index (Phi) is 4.26. The molecule has 23 heavy (non-hydrogen) atoms. The molecule has 1 aromatic carbocycles. The molecule has 3 heterocycles. The molecule has 1 unspecified atom stereocenters. The Labute approximate surface area is 140 Å². The summed E-state index contributed by atoms with van der Waals surface area (Å²) in [6.07, 6.45) is 4.15. The first-order valence-electron chi connectivity index (χ1n) is 8.12. The monoisotopic (exact) mass is 324 g/mol. The van der Waals surface area contributed by atoms with E-state index in [1.807, 2.05) is 17.7 Å². The van der Waals surface area contributed by atoms with Gasteiger partial charge < -0.3 is 9.30 Å². The first-order chi connectivity index (χ1) is 11.4. The predicted octanol–water partition coefficient (Wildman–Crippen LogP) is 4.36. The minimum atomic E-state index is 0.455. The molecule has 0 amide bonds. The van der Waals surface area contributed by atoms with Crippen LogP contribution in [0.2, 0.25) is 0 Å². The van der Waals surface area contributed by atoms with Crippen molar-refractivity contribution in [2.24, 2.45) is 0 Å². The topological polar surface area (TPSA) is 27.1 Å². The third kappa shape index (κ3) is 3.09. The molecule has 0 aliphatic carbocycles. The maximum atomic E-state index is 5.64. The number of aromatic nitrogens is 2. The molecule has 0 bridgehead atoms. The van der Waals surface area contributed by atoms with E-state index < -0.39 is 0 Å². The molecule has 3 aromatic rings. The van der Waals surface area contributed by atoms with Crippen molar-refractivity contribution in [2.45, 2.75) is 25.3 Å². The van der Waals surface area contributed by atoms with Crippen molar-refractivity contribution in [3.8, 4) is 11.3 Å². The zero-order valence-electron chi connectivity index (χ0n) is 13.0. The molecule has 1 saturated heterocycles. The molecule has 1 atom stereocenters. The first kappa shape index (κ1) is 14.7. The summed E-state index contributed by atoms with van der Waals surface area (Å²) in [5, 5.41) is 2.14. The van der Waals surface area contributed by atoms with Crippen LogP contribution in [-0.2, 0) is 17.7 Å². The zero-order chi connectivity index (χ0) is 15.5. The van der Waals surface area contributed by atoms with Gasteiger partial charge >= 0.3 is 0 Å². The lowest BCUT2D eigenvalue weighted by Crippen LogP contribution is -2.10. The van der Waals surface area contributed by atoms with Crippen molar-refractivity contribution in [2.75, 3.05) is 13.2 Å². The lowest BCUT2D eigenvalue weighted by Gasteiger charge is -2.14. The molecule has 2 aromatic heterocycles. The van der Waals surface area contributed by atoms with Crippen LogP contribution in [0.3, 0.4) is 0 Å². The van der Waals surface area contributed by atoms with Gasteiger partial charge in [0.1, 0.15) is 0 Å². The van der Waals surface area contributed by atoms with Gasteiger partial charge in [-0.25, -0.2) is 4.98 Å². The zero-order valence-corrected chi connectivity index (χ0v) is 13.8. The van der Waals surface area contributed by atoms with Crippen molar-refractivity contribution in [1.29, 1.82) is 0 Å². The van der Waals surface area contributed by atoms with Gasteiger partial charge in [-0.1, -0.05) is 36.4 Å². The summed E-state index contributed by atoms with van der Waals surface area (Å²) in [7, 11) is 0. The molecule has 1 aliphatic heterocycles. The summed E-state index contributed by atoms with van der Waals surface area (Å²) < 4.78 is 7.97. The molecule has 118 valence electrons. The molecular formula is C19H20N2OS. The fraction of sp³-hybridized carbons (Fsp3) is 0.316. The van der Waals surface area contributed by atoms with Gasteiger partial charge in [0.2, 0.25) is 0 Å². The Hall–Kier alpha value is -1.91. The van der Waals surface area contributed by atoms with Crippen LogP contribution < -0.4 is 0 Å². The smallest absolute Gasteiger partial charge is 0.0956 e. The highest BCUT2D eigenvalue weighted by molar-refractivity contribution is 7.09. The van der Waals surface area contributed by atoms with Crippen LogP contribution in [-0.4, -0.2) is 22.8 Å². The molecule has 4 heteroatoms. The number of hydrogen-bond acceptors (Lipinski definition) is 3. The van der Waals surface area contributed by atoms with E-state index in [1.165, 1.54) is 16.1 Å². The second-order valence-corrected chi connectivity index (χ2v) is 6.96. The fourth-order valence-electron chi connectivity index (χ4n) is 3.25. The molecule has 0 N–H and O–H groups in total. The number of imidazole rings is 1. The summed E-state index contributed by atoms with van der Waals surface area (Å²) in [5.41, 5.74) is 3.65. The maximum Gasteiger partial charge on any atom is 0.0956 e. The van der Waals surface area contributed by atoms with Gasteiger partial charge in [-0.05, 0) is 24.3 Å². The number of hydrogen-bond donors (Lipinski definition) is 0. The summed E-state index contributed by atoms with van der Waals surface area (Å²) in [6.45, 7) is 2.64. The van der Waals surface area contributed by atoms with Crippen LogP contribution in [0.25, 0.3) is 11.3 Å². The molecular weight excluding hydrogens is 304 g/mol. The van der Waals surface area contributed by atoms with Gasteiger partial charge in [0.05, 0.1) is 24.3 Å². The van der Waals surface area contributed by atoms with Gasteiger partial charge in [0.15, 0.2) is 0 Å². The number of thiophene rings is 1. The Morgan fingerprint density at radius 3 is 2.83 bits per heavy atom. The van der Waals surface area contributed by atoms with Crippen LogP contribution in [0.15, 0.2) is 54.2 Å². The lowest BCUT2D eigenvalue weighted by atomic mass is 9.99. The number of nitrogens with zero attached hydrogens (tertiary/aromatic N) is 2. The second kappa shape index (κ2) is 6.69. The number of aryl methyl sites for hydroxylation is 2. The minimum absolute atomic E-state index is 0.455. The number of benzene rings is 1. The van der Waals surface area contributed by atoms with Gasteiger partial charge in [0.25, 0.3) is 0 Å². The summed E-state index contributed by atoms with van der Waals surface area (Å²) >= 11 is 1.83. The van der Waals surface area contributed by atoms with E-state index >= 15 is 0 Å². The Morgan fingerprint density at radius 1 is 1.17 bits per heavy atom. The first-order valence-corrected chi connectivity index (χ1v) is 9.00. The molecule has 1 fully saturated rings. The van der Waals surface area contributed by atoms with Crippen molar-refractivity contribution >= 4 is 11.3 Å². The van der Waals surface area contributed by atoms with Gasteiger partial charge in [-0.15, -0.1) is 11.3 Å². The predicted molar refractivity (Wildman–Crippen MR) is 93.9 cm³/mol. The quantitative estimate of drug-likeness (QED) is 0.697. The number of rotatable bonds is 5. The third-order valence-electron chi connectivity index (χ3n) is 4.42. The largest absolute Gasteiger partial charge is 0.381 e. The normalized spacial score (nSPS) is 17.7. The van der Waals surface area contributed by atoms with E-state index in [1.54, 1.807) is 0 Å². The minimum Gasteiger partial charge on any atom is -0.381 e. The van der Waals surface area contributed by atoms with E-state index in [4.69, 9.17) is 9.72 Å². The second-order valence-electron chi connectivity index (χ2n) is 5.93. The van der Waals surface area contributed by atoms with Gasteiger partial charge in [-0.3, -0.25) is 0 Å². The highest BCUT2D eigenvalue weighted by Gasteiger charge is 2.25. The Bertz CT molecular complexity index is 743. The molecule has 0 spiro atoms. The maximum absolute atomic E-state index is 5.64. The van der Waals surface area contributed by atoms with Gasteiger partial charge in [0, 0.05) is 29.5 Å². The number of ether oxygens (including phenoxy) is 1. The van der Waals surface area contributed by atoms with Crippen molar-refractivity contribution in [3.05, 3.63) is 64.7 Å². The Morgan fingerprint density at radius 2 is 2.09 bits per heavy atom. The fourth-order valence-corrected chi connectivity index (χ4v) is 3.95. The SMILES string of the molecule is c1ccc(-c2ncn(CCc3cccs3)c2C2CCOC2)cc1. The molecule has 1 aliphatic rings. The molecule has 0 radical (unpaired) electrons. The van der Waals surface area contributed by atoms with Crippen LogP contribution in [0.1, 0.15) is 22.9 Å². The average molecular weight is 324 g/mol. The highest BCUT2D eigenvalue weighted by Crippen LogP contribution is 2.33. The summed E-state index contributed by atoms with van der Waals surface area (Å²) in [6, 6.07) is 14.8. The van der Waals surface area contributed by atoms with E-state index in [0.29, 0.717) is 5.92 Å². The molecule has 3 nitrogen and oxygen atoms in total.